The number of rotatable bonds is 3. The summed E-state index contributed by atoms with van der Waals surface area (Å²) in [6.07, 6.45) is 3.13. The average molecular weight is 251 g/mol. The number of likely N-dealkylation sites (tertiary alicyclic amines) is 1. The van der Waals surface area contributed by atoms with Gasteiger partial charge in [0.15, 0.2) is 0 Å². The minimum Gasteiger partial charge on any atom is -0.387 e. The predicted octanol–water partition coefficient (Wildman–Crippen LogP) is 3.12. The van der Waals surface area contributed by atoms with Crippen LogP contribution in [0.15, 0.2) is 24.3 Å². The Morgan fingerprint density at radius 1 is 1.22 bits per heavy atom. The van der Waals surface area contributed by atoms with Crippen LogP contribution in [0.5, 0.6) is 0 Å². The maximum atomic E-state index is 12.8. The first-order valence-electron chi connectivity index (χ1n) is 6.77. The van der Waals surface area contributed by atoms with E-state index in [9.17, 15) is 9.50 Å². The molecule has 0 amide bonds. The highest BCUT2D eigenvalue weighted by molar-refractivity contribution is 5.18. The number of hydrogen-bond donors (Lipinski definition) is 1. The van der Waals surface area contributed by atoms with Crippen LogP contribution >= 0.6 is 0 Å². The Morgan fingerprint density at radius 2 is 1.78 bits per heavy atom. The number of nitrogens with zero attached hydrogens (tertiary/aromatic N) is 1. The smallest absolute Gasteiger partial charge is 0.123 e. The summed E-state index contributed by atoms with van der Waals surface area (Å²) in [5.41, 5.74) is 0.793. The highest BCUT2D eigenvalue weighted by atomic mass is 19.1. The molecule has 0 bridgehead atoms. The van der Waals surface area contributed by atoms with E-state index in [0.29, 0.717) is 18.6 Å². The Balaban J connectivity index is 2.01. The zero-order chi connectivity index (χ0) is 13.1. The molecule has 18 heavy (non-hydrogen) atoms. The number of benzene rings is 1. The van der Waals surface area contributed by atoms with Crippen molar-refractivity contribution in [2.45, 2.75) is 51.3 Å². The summed E-state index contributed by atoms with van der Waals surface area (Å²) in [5, 5.41) is 10.2. The van der Waals surface area contributed by atoms with Crippen molar-refractivity contribution in [1.82, 2.24) is 4.90 Å². The third kappa shape index (κ3) is 3.09. The summed E-state index contributed by atoms with van der Waals surface area (Å²) >= 11 is 0. The monoisotopic (exact) mass is 251 g/mol. The number of aliphatic hydroxyl groups excluding tert-OH is 1. The van der Waals surface area contributed by atoms with Crippen molar-refractivity contribution in [3.63, 3.8) is 0 Å². The molecule has 0 spiro atoms. The lowest BCUT2D eigenvalue weighted by molar-refractivity contribution is 0.0411. The largest absolute Gasteiger partial charge is 0.387 e. The van der Waals surface area contributed by atoms with Crippen molar-refractivity contribution in [2.75, 3.05) is 6.54 Å². The molecule has 1 aliphatic heterocycles. The van der Waals surface area contributed by atoms with Gasteiger partial charge < -0.3 is 5.11 Å². The van der Waals surface area contributed by atoms with E-state index in [1.807, 2.05) is 0 Å². The molecule has 3 atom stereocenters. The van der Waals surface area contributed by atoms with Crippen molar-refractivity contribution in [2.24, 2.45) is 0 Å². The first-order chi connectivity index (χ1) is 8.58. The van der Waals surface area contributed by atoms with Crippen molar-refractivity contribution in [1.29, 1.82) is 0 Å². The second-order valence-electron chi connectivity index (χ2n) is 5.39. The third-order valence-electron chi connectivity index (χ3n) is 4.01. The maximum Gasteiger partial charge on any atom is 0.123 e. The molecule has 3 unspecified atom stereocenters. The Hall–Kier alpha value is -0.930. The van der Waals surface area contributed by atoms with E-state index in [1.165, 1.54) is 31.4 Å². The summed E-state index contributed by atoms with van der Waals surface area (Å²) in [6, 6.07) is 7.18. The van der Waals surface area contributed by atoms with Gasteiger partial charge in [-0.2, -0.15) is 0 Å². The molecular weight excluding hydrogens is 229 g/mol. The average Bonchev–Trinajstić information content (AvgIpc) is 2.34. The fourth-order valence-corrected chi connectivity index (χ4v) is 2.82. The van der Waals surface area contributed by atoms with Gasteiger partial charge in [0.2, 0.25) is 0 Å². The van der Waals surface area contributed by atoms with E-state index in [-0.39, 0.29) is 5.82 Å². The molecule has 1 heterocycles. The first-order valence-corrected chi connectivity index (χ1v) is 6.77. The Labute approximate surface area is 108 Å². The zero-order valence-corrected chi connectivity index (χ0v) is 11.1. The molecule has 0 aromatic heterocycles. The van der Waals surface area contributed by atoms with E-state index in [1.54, 1.807) is 12.1 Å². The quantitative estimate of drug-likeness (QED) is 0.892. The first kappa shape index (κ1) is 13.5. The van der Waals surface area contributed by atoms with Crippen molar-refractivity contribution in [3.8, 4) is 0 Å². The number of halogens is 1. The number of piperidine rings is 1. The highest BCUT2D eigenvalue weighted by Crippen LogP contribution is 2.25. The molecule has 1 aromatic rings. The van der Waals surface area contributed by atoms with Gasteiger partial charge in [-0.05, 0) is 44.4 Å². The Morgan fingerprint density at radius 3 is 2.33 bits per heavy atom. The molecule has 0 radical (unpaired) electrons. The second-order valence-corrected chi connectivity index (χ2v) is 5.39. The molecule has 1 N–H and O–H groups in total. The van der Waals surface area contributed by atoms with Gasteiger partial charge >= 0.3 is 0 Å². The van der Waals surface area contributed by atoms with E-state index < -0.39 is 6.10 Å². The molecule has 0 saturated carbocycles. The van der Waals surface area contributed by atoms with Crippen LogP contribution in [-0.2, 0) is 0 Å². The van der Waals surface area contributed by atoms with Crippen LogP contribution in [0.1, 0.15) is 44.8 Å². The van der Waals surface area contributed by atoms with Gasteiger partial charge in [-0.1, -0.05) is 18.6 Å². The molecule has 2 nitrogen and oxygen atoms in total. The molecular formula is C15H22FNO. The van der Waals surface area contributed by atoms with Gasteiger partial charge in [0.1, 0.15) is 5.82 Å². The molecule has 2 rings (SSSR count). The minimum atomic E-state index is -0.534. The molecule has 1 aromatic carbocycles. The third-order valence-corrected chi connectivity index (χ3v) is 4.01. The Bertz CT molecular complexity index is 369. The predicted molar refractivity (Wildman–Crippen MR) is 70.8 cm³/mol. The van der Waals surface area contributed by atoms with Crippen LogP contribution in [0.4, 0.5) is 4.39 Å². The van der Waals surface area contributed by atoms with E-state index in [0.717, 1.165) is 5.56 Å². The summed E-state index contributed by atoms with van der Waals surface area (Å²) in [6.45, 7) is 5.06. The van der Waals surface area contributed by atoms with Gasteiger partial charge in [0, 0.05) is 18.6 Å². The van der Waals surface area contributed by atoms with Crippen molar-refractivity contribution >= 4 is 0 Å². The van der Waals surface area contributed by atoms with E-state index >= 15 is 0 Å². The SMILES string of the molecule is CC1CCCC(C)N1CC(O)c1ccc(F)cc1. The number of aliphatic hydroxyl groups is 1. The van der Waals surface area contributed by atoms with Crippen molar-refractivity contribution < 1.29 is 9.50 Å². The Kier molecular flexibility index (Phi) is 4.36. The number of hydrogen-bond acceptors (Lipinski definition) is 2. The molecule has 1 fully saturated rings. The fraction of sp³-hybridized carbons (Fsp3) is 0.600. The van der Waals surface area contributed by atoms with Gasteiger partial charge in [0.05, 0.1) is 6.10 Å². The van der Waals surface area contributed by atoms with Crippen LogP contribution in [0.2, 0.25) is 0 Å². The summed E-state index contributed by atoms with van der Waals surface area (Å²) < 4.78 is 12.8. The van der Waals surface area contributed by atoms with E-state index in [4.69, 9.17) is 0 Å². The van der Waals surface area contributed by atoms with E-state index in [2.05, 4.69) is 18.7 Å². The topological polar surface area (TPSA) is 23.5 Å². The lowest BCUT2D eigenvalue weighted by Gasteiger charge is -2.40. The fourth-order valence-electron chi connectivity index (χ4n) is 2.82. The van der Waals surface area contributed by atoms with Crippen LogP contribution in [-0.4, -0.2) is 28.6 Å². The van der Waals surface area contributed by atoms with Gasteiger partial charge in [0.25, 0.3) is 0 Å². The van der Waals surface area contributed by atoms with Crippen LogP contribution in [0.3, 0.4) is 0 Å². The number of β-amino-alcohol motifs (C(OH)–C–C–N with tert-alkyl or cyclic N) is 1. The molecule has 100 valence electrons. The summed E-state index contributed by atoms with van der Waals surface area (Å²) in [7, 11) is 0. The summed E-state index contributed by atoms with van der Waals surface area (Å²) in [4.78, 5) is 2.36. The molecule has 1 aliphatic rings. The van der Waals surface area contributed by atoms with Gasteiger partial charge in [-0.25, -0.2) is 4.39 Å². The lowest BCUT2D eigenvalue weighted by atomic mass is 9.96. The maximum absolute atomic E-state index is 12.8. The van der Waals surface area contributed by atoms with Gasteiger partial charge in [-0.15, -0.1) is 0 Å². The van der Waals surface area contributed by atoms with Gasteiger partial charge in [-0.3, -0.25) is 4.90 Å². The van der Waals surface area contributed by atoms with Crippen LogP contribution in [0, 0.1) is 5.82 Å². The molecule has 1 saturated heterocycles. The second kappa shape index (κ2) is 5.81. The molecule has 0 aliphatic carbocycles. The highest BCUT2D eigenvalue weighted by Gasteiger charge is 2.26. The summed E-state index contributed by atoms with van der Waals surface area (Å²) in [5.74, 6) is -0.259. The van der Waals surface area contributed by atoms with Crippen LogP contribution in [0.25, 0.3) is 0 Å². The normalized spacial score (nSPS) is 27.1. The van der Waals surface area contributed by atoms with Crippen LogP contribution < -0.4 is 0 Å². The molecule has 3 heteroatoms. The minimum absolute atomic E-state index is 0.259. The lowest BCUT2D eigenvalue weighted by Crippen LogP contribution is -2.45. The zero-order valence-electron chi connectivity index (χ0n) is 11.1. The standard InChI is InChI=1S/C15H22FNO/c1-11-4-3-5-12(2)17(11)10-15(18)13-6-8-14(16)9-7-13/h6-9,11-12,15,18H,3-5,10H2,1-2H3. The van der Waals surface area contributed by atoms with Crippen molar-refractivity contribution in [3.05, 3.63) is 35.6 Å².